The van der Waals surface area contributed by atoms with Crippen LogP contribution in [0, 0.1) is 11.8 Å². The molecule has 1 aliphatic carbocycles. The Bertz CT molecular complexity index is 483. The third-order valence-electron chi connectivity index (χ3n) is 4.01. The van der Waals surface area contributed by atoms with E-state index >= 15 is 0 Å². The summed E-state index contributed by atoms with van der Waals surface area (Å²) in [7, 11) is 1.37. The lowest BCUT2D eigenvalue weighted by Crippen LogP contribution is -2.39. The molecule has 1 saturated carbocycles. The zero-order chi connectivity index (χ0) is 15.2. The summed E-state index contributed by atoms with van der Waals surface area (Å²) in [6, 6.07) is 9.92. The Kier molecular flexibility index (Phi) is 5.51. The normalized spacial score (nSPS) is 25.6. The monoisotopic (exact) mass is 290 g/mol. The standard InChI is InChI=1S/C17H22O4/c1-12-8-15(18)9-14(10-16(19)20-2)17(12)21-11-13-6-4-3-5-7-13/h3-7,12,14,17H,8-11H2,1-2H3/t12-,14-,17+/m0/s1. The molecule has 0 saturated heterocycles. The molecule has 2 rings (SSSR count). The van der Waals surface area contributed by atoms with E-state index in [4.69, 9.17) is 9.47 Å². The van der Waals surface area contributed by atoms with E-state index in [0.717, 1.165) is 5.56 Å². The minimum absolute atomic E-state index is 0.0815. The molecule has 0 radical (unpaired) electrons. The van der Waals surface area contributed by atoms with Crippen LogP contribution in [0.4, 0.5) is 0 Å². The van der Waals surface area contributed by atoms with Crippen LogP contribution in [0.2, 0.25) is 0 Å². The van der Waals surface area contributed by atoms with Crippen molar-refractivity contribution in [2.24, 2.45) is 11.8 Å². The molecule has 0 aliphatic heterocycles. The van der Waals surface area contributed by atoms with E-state index in [-0.39, 0.29) is 36.1 Å². The molecule has 1 aliphatic rings. The number of rotatable bonds is 5. The van der Waals surface area contributed by atoms with Crippen molar-refractivity contribution in [1.29, 1.82) is 0 Å². The molecule has 0 amide bonds. The molecule has 4 nitrogen and oxygen atoms in total. The van der Waals surface area contributed by atoms with Crippen LogP contribution in [0.3, 0.4) is 0 Å². The number of methoxy groups -OCH3 is 1. The predicted octanol–water partition coefficient (Wildman–Crippen LogP) is 2.75. The van der Waals surface area contributed by atoms with Crippen LogP contribution >= 0.6 is 0 Å². The Morgan fingerprint density at radius 3 is 2.62 bits per heavy atom. The van der Waals surface area contributed by atoms with Crippen molar-refractivity contribution < 1.29 is 19.1 Å². The van der Waals surface area contributed by atoms with Gasteiger partial charge in [0.1, 0.15) is 5.78 Å². The minimum atomic E-state index is -0.282. The first-order valence-corrected chi connectivity index (χ1v) is 7.34. The molecular formula is C17H22O4. The smallest absolute Gasteiger partial charge is 0.305 e. The van der Waals surface area contributed by atoms with E-state index in [9.17, 15) is 9.59 Å². The molecule has 0 bridgehead atoms. The largest absolute Gasteiger partial charge is 0.469 e. The van der Waals surface area contributed by atoms with Gasteiger partial charge in [0.2, 0.25) is 0 Å². The molecule has 4 heteroatoms. The van der Waals surface area contributed by atoms with Crippen molar-refractivity contribution in [2.75, 3.05) is 7.11 Å². The third kappa shape index (κ3) is 4.39. The minimum Gasteiger partial charge on any atom is -0.469 e. The van der Waals surface area contributed by atoms with Crippen LogP contribution in [0.5, 0.6) is 0 Å². The summed E-state index contributed by atoms with van der Waals surface area (Å²) in [5, 5.41) is 0. The van der Waals surface area contributed by atoms with Gasteiger partial charge in [-0.05, 0) is 11.5 Å². The van der Waals surface area contributed by atoms with Crippen molar-refractivity contribution in [1.82, 2.24) is 0 Å². The predicted molar refractivity (Wildman–Crippen MR) is 78.5 cm³/mol. The Balaban J connectivity index is 2.01. The van der Waals surface area contributed by atoms with Crippen LogP contribution in [-0.2, 0) is 25.7 Å². The first-order chi connectivity index (χ1) is 10.1. The van der Waals surface area contributed by atoms with E-state index in [1.54, 1.807) is 0 Å². The lowest BCUT2D eigenvalue weighted by Gasteiger charge is -2.35. The first kappa shape index (κ1) is 15.7. The fourth-order valence-corrected chi connectivity index (χ4v) is 2.98. The summed E-state index contributed by atoms with van der Waals surface area (Å²) < 4.78 is 10.8. The molecule has 0 unspecified atom stereocenters. The molecule has 0 spiro atoms. The molecule has 0 N–H and O–H groups in total. The molecular weight excluding hydrogens is 268 g/mol. The Morgan fingerprint density at radius 1 is 1.24 bits per heavy atom. The van der Waals surface area contributed by atoms with E-state index in [2.05, 4.69) is 0 Å². The van der Waals surface area contributed by atoms with Crippen LogP contribution in [-0.4, -0.2) is 25.0 Å². The maximum atomic E-state index is 11.8. The molecule has 3 atom stereocenters. The van der Waals surface area contributed by atoms with Gasteiger partial charge >= 0.3 is 5.97 Å². The highest BCUT2D eigenvalue weighted by atomic mass is 16.5. The second-order valence-corrected chi connectivity index (χ2v) is 5.73. The average Bonchev–Trinajstić information content (AvgIpc) is 2.47. The summed E-state index contributed by atoms with van der Waals surface area (Å²) in [5.41, 5.74) is 1.10. The van der Waals surface area contributed by atoms with Crippen molar-refractivity contribution in [3.8, 4) is 0 Å². The van der Waals surface area contributed by atoms with Gasteiger partial charge in [0, 0.05) is 18.8 Å². The van der Waals surface area contributed by atoms with Gasteiger partial charge < -0.3 is 9.47 Å². The van der Waals surface area contributed by atoms with Gasteiger partial charge in [-0.25, -0.2) is 0 Å². The zero-order valence-corrected chi connectivity index (χ0v) is 12.6. The second kappa shape index (κ2) is 7.36. The van der Waals surface area contributed by atoms with Gasteiger partial charge in [-0.2, -0.15) is 0 Å². The quantitative estimate of drug-likeness (QED) is 0.782. The summed E-state index contributed by atoms with van der Waals surface area (Å²) in [4.78, 5) is 23.3. The van der Waals surface area contributed by atoms with Gasteiger partial charge in [-0.15, -0.1) is 0 Å². The Hall–Kier alpha value is -1.68. The van der Waals surface area contributed by atoms with E-state index in [1.807, 2.05) is 37.3 Å². The van der Waals surface area contributed by atoms with Gasteiger partial charge in [0.15, 0.2) is 0 Å². The van der Waals surface area contributed by atoms with Gasteiger partial charge in [0.25, 0.3) is 0 Å². The summed E-state index contributed by atoms with van der Waals surface area (Å²) >= 11 is 0. The average molecular weight is 290 g/mol. The molecule has 1 aromatic rings. The molecule has 114 valence electrons. The van der Waals surface area contributed by atoms with Crippen molar-refractivity contribution in [3.05, 3.63) is 35.9 Å². The fraction of sp³-hybridized carbons (Fsp3) is 0.529. The van der Waals surface area contributed by atoms with Crippen molar-refractivity contribution >= 4 is 11.8 Å². The van der Waals surface area contributed by atoms with Gasteiger partial charge in [0.05, 0.1) is 26.2 Å². The zero-order valence-electron chi connectivity index (χ0n) is 12.6. The highest BCUT2D eigenvalue weighted by molar-refractivity contribution is 5.81. The lowest BCUT2D eigenvalue weighted by atomic mass is 9.77. The molecule has 0 heterocycles. The highest BCUT2D eigenvalue weighted by Gasteiger charge is 2.36. The van der Waals surface area contributed by atoms with E-state index in [0.29, 0.717) is 19.4 Å². The first-order valence-electron chi connectivity index (χ1n) is 7.34. The Morgan fingerprint density at radius 2 is 1.95 bits per heavy atom. The SMILES string of the molecule is COC(=O)C[C@@H]1CC(=O)C[C@H](C)[C@H]1OCc1ccccc1. The van der Waals surface area contributed by atoms with Gasteiger partial charge in [-0.1, -0.05) is 37.3 Å². The lowest BCUT2D eigenvalue weighted by molar-refractivity contribution is -0.146. The highest BCUT2D eigenvalue weighted by Crippen LogP contribution is 2.32. The summed E-state index contributed by atoms with van der Waals surface area (Å²) in [5.74, 6) is -0.0341. The number of ketones is 1. The van der Waals surface area contributed by atoms with Gasteiger partial charge in [-0.3, -0.25) is 9.59 Å². The van der Waals surface area contributed by atoms with E-state index in [1.165, 1.54) is 7.11 Å². The van der Waals surface area contributed by atoms with Crippen LogP contribution < -0.4 is 0 Å². The number of hydrogen-bond donors (Lipinski definition) is 0. The second-order valence-electron chi connectivity index (χ2n) is 5.73. The topological polar surface area (TPSA) is 52.6 Å². The molecule has 21 heavy (non-hydrogen) atoms. The van der Waals surface area contributed by atoms with E-state index < -0.39 is 0 Å². The maximum absolute atomic E-state index is 11.8. The Labute approximate surface area is 125 Å². The third-order valence-corrected chi connectivity index (χ3v) is 4.01. The molecule has 1 fully saturated rings. The van der Waals surface area contributed by atoms with Crippen LogP contribution in [0.25, 0.3) is 0 Å². The van der Waals surface area contributed by atoms with Crippen molar-refractivity contribution in [2.45, 2.75) is 38.9 Å². The number of Topliss-reactive ketones (excluding diaryl/α,β-unsaturated/α-hetero) is 1. The van der Waals surface area contributed by atoms with Crippen molar-refractivity contribution in [3.63, 3.8) is 0 Å². The van der Waals surface area contributed by atoms with Crippen LogP contribution in [0.1, 0.15) is 31.7 Å². The van der Waals surface area contributed by atoms with Crippen LogP contribution in [0.15, 0.2) is 30.3 Å². The number of benzene rings is 1. The number of carbonyl (C=O) groups excluding carboxylic acids is 2. The fourth-order valence-electron chi connectivity index (χ4n) is 2.98. The summed E-state index contributed by atoms with van der Waals surface area (Å²) in [6.07, 6.45) is 1.09. The number of hydrogen-bond acceptors (Lipinski definition) is 4. The molecule has 0 aromatic heterocycles. The number of esters is 1. The molecule has 1 aromatic carbocycles. The maximum Gasteiger partial charge on any atom is 0.305 e. The number of ether oxygens (including phenoxy) is 2. The summed E-state index contributed by atoms with van der Waals surface area (Å²) in [6.45, 7) is 2.51. The number of carbonyl (C=O) groups is 2.